The van der Waals surface area contributed by atoms with E-state index in [9.17, 15) is 4.79 Å². The van der Waals surface area contributed by atoms with Gasteiger partial charge in [-0.3, -0.25) is 4.79 Å². The van der Waals surface area contributed by atoms with Crippen LogP contribution in [0.2, 0.25) is 5.02 Å². The lowest BCUT2D eigenvalue weighted by atomic mass is 10.1. The molecule has 1 aliphatic heterocycles. The van der Waals surface area contributed by atoms with Crippen LogP contribution in [-0.2, 0) is 0 Å². The fourth-order valence-electron chi connectivity index (χ4n) is 1.89. The molecule has 14 heavy (non-hydrogen) atoms. The number of rotatable bonds is 2. The number of aldehydes is 1. The zero-order chi connectivity index (χ0) is 10.1. The minimum atomic E-state index is 0.520. The molecule has 0 saturated carbocycles. The smallest absolute Gasteiger partial charge is 0.160 e. The SMILES string of the molecule is CN1CCC(c2sc(C=O)cc2Cl)C1. The van der Waals surface area contributed by atoms with Crippen molar-refractivity contribution in [2.45, 2.75) is 12.3 Å². The Bertz CT molecular complexity index is 350. The summed E-state index contributed by atoms with van der Waals surface area (Å²) in [6, 6.07) is 1.77. The largest absolute Gasteiger partial charge is 0.306 e. The molecule has 1 saturated heterocycles. The van der Waals surface area contributed by atoms with Gasteiger partial charge in [0, 0.05) is 17.3 Å². The van der Waals surface area contributed by atoms with Gasteiger partial charge >= 0.3 is 0 Å². The van der Waals surface area contributed by atoms with Gasteiger partial charge in [-0.15, -0.1) is 11.3 Å². The van der Waals surface area contributed by atoms with Crippen molar-refractivity contribution >= 4 is 29.2 Å². The van der Waals surface area contributed by atoms with Gasteiger partial charge in [-0.05, 0) is 26.1 Å². The van der Waals surface area contributed by atoms with Gasteiger partial charge in [0.1, 0.15) is 0 Å². The van der Waals surface area contributed by atoms with Gasteiger partial charge in [0.15, 0.2) is 6.29 Å². The molecule has 2 nitrogen and oxygen atoms in total. The second kappa shape index (κ2) is 4.01. The first-order chi connectivity index (χ1) is 6.70. The maximum atomic E-state index is 10.6. The highest BCUT2D eigenvalue weighted by Crippen LogP contribution is 2.37. The van der Waals surface area contributed by atoms with Crippen molar-refractivity contribution in [3.8, 4) is 0 Å². The maximum absolute atomic E-state index is 10.6. The average molecular weight is 230 g/mol. The minimum absolute atomic E-state index is 0.520. The summed E-state index contributed by atoms with van der Waals surface area (Å²) in [5, 5.41) is 0.761. The normalized spacial score (nSPS) is 22.9. The fraction of sp³-hybridized carbons (Fsp3) is 0.500. The van der Waals surface area contributed by atoms with Crippen LogP contribution in [0.4, 0.5) is 0 Å². The predicted molar refractivity (Wildman–Crippen MR) is 59.6 cm³/mol. The number of hydrogen-bond donors (Lipinski definition) is 0. The molecule has 0 aliphatic carbocycles. The summed E-state index contributed by atoms with van der Waals surface area (Å²) >= 11 is 7.62. The van der Waals surface area contributed by atoms with Crippen LogP contribution in [0.1, 0.15) is 26.9 Å². The molecule has 1 unspecified atom stereocenters. The van der Waals surface area contributed by atoms with E-state index in [1.165, 1.54) is 16.2 Å². The molecule has 2 rings (SSSR count). The number of likely N-dealkylation sites (tertiary alicyclic amines) is 1. The average Bonchev–Trinajstić information content (AvgIpc) is 2.71. The first-order valence-electron chi connectivity index (χ1n) is 4.63. The van der Waals surface area contributed by atoms with Crippen LogP contribution < -0.4 is 0 Å². The number of hydrogen-bond acceptors (Lipinski definition) is 3. The summed E-state index contributed by atoms with van der Waals surface area (Å²) in [5.74, 6) is 0.520. The monoisotopic (exact) mass is 229 g/mol. The van der Waals surface area contributed by atoms with Crippen LogP contribution in [-0.4, -0.2) is 31.3 Å². The summed E-state index contributed by atoms with van der Waals surface area (Å²) in [6.07, 6.45) is 2.02. The number of halogens is 1. The molecule has 1 aromatic heterocycles. The van der Waals surface area contributed by atoms with Crippen LogP contribution in [0.15, 0.2) is 6.07 Å². The fourth-order valence-corrected chi connectivity index (χ4v) is 3.33. The molecule has 0 N–H and O–H groups in total. The van der Waals surface area contributed by atoms with Gasteiger partial charge in [-0.2, -0.15) is 0 Å². The zero-order valence-electron chi connectivity index (χ0n) is 8.00. The van der Waals surface area contributed by atoms with Gasteiger partial charge in [-0.1, -0.05) is 11.6 Å². The highest BCUT2D eigenvalue weighted by Gasteiger charge is 2.24. The Morgan fingerprint density at radius 3 is 3.00 bits per heavy atom. The topological polar surface area (TPSA) is 20.3 Å². The Morgan fingerprint density at radius 2 is 2.50 bits per heavy atom. The highest BCUT2D eigenvalue weighted by molar-refractivity contribution is 7.14. The van der Waals surface area contributed by atoms with E-state index in [4.69, 9.17) is 11.6 Å². The quantitative estimate of drug-likeness (QED) is 0.727. The minimum Gasteiger partial charge on any atom is -0.306 e. The van der Waals surface area contributed by atoms with Crippen molar-refractivity contribution in [3.05, 3.63) is 20.8 Å². The molecule has 1 aromatic rings. The van der Waals surface area contributed by atoms with E-state index in [-0.39, 0.29) is 0 Å². The maximum Gasteiger partial charge on any atom is 0.160 e. The third kappa shape index (κ3) is 1.85. The van der Waals surface area contributed by atoms with Gasteiger partial charge in [0.25, 0.3) is 0 Å². The third-order valence-electron chi connectivity index (χ3n) is 2.61. The van der Waals surface area contributed by atoms with Crippen LogP contribution in [0, 0.1) is 0 Å². The standard InChI is InChI=1S/C10H12ClNOS/c1-12-3-2-7(5-12)10-9(11)4-8(6-13)14-10/h4,6-7H,2-3,5H2,1H3. The van der Waals surface area contributed by atoms with Gasteiger partial charge in [-0.25, -0.2) is 0 Å². The van der Waals surface area contributed by atoms with Gasteiger partial charge < -0.3 is 4.90 Å². The molecule has 0 amide bonds. The second-order valence-corrected chi connectivity index (χ2v) is 5.25. The summed E-state index contributed by atoms with van der Waals surface area (Å²) in [4.78, 5) is 14.8. The molecule has 1 atom stereocenters. The van der Waals surface area contributed by atoms with Crippen molar-refractivity contribution in [2.75, 3.05) is 20.1 Å². The Hall–Kier alpha value is -0.380. The van der Waals surface area contributed by atoms with E-state index in [1.54, 1.807) is 6.07 Å². The van der Waals surface area contributed by atoms with E-state index in [1.807, 2.05) is 0 Å². The lowest BCUT2D eigenvalue weighted by molar-refractivity contribution is 0.112. The molecule has 0 radical (unpaired) electrons. The first-order valence-corrected chi connectivity index (χ1v) is 5.83. The first kappa shape index (κ1) is 10.1. The van der Waals surface area contributed by atoms with Crippen molar-refractivity contribution in [3.63, 3.8) is 0 Å². The Labute approximate surface area is 92.5 Å². The molecule has 1 aliphatic rings. The van der Waals surface area contributed by atoms with E-state index < -0.39 is 0 Å². The lowest BCUT2D eigenvalue weighted by Crippen LogP contribution is -2.13. The van der Waals surface area contributed by atoms with E-state index in [0.29, 0.717) is 5.92 Å². The van der Waals surface area contributed by atoms with Gasteiger partial charge in [0.2, 0.25) is 0 Å². The lowest BCUT2D eigenvalue weighted by Gasteiger charge is -2.08. The molecule has 4 heteroatoms. The van der Waals surface area contributed by atoms with Crippen LogP contribution in [0.25, 0.3) is 0 Å². The van der Waals surface area contributed by atoms with Crippen molar-refractivity contribution in [2.24, 2.45) is 0 Å². The van der Waals surface area contributed by atoms with Gasteiger partial charge in [0.05, 0.1) is 9.90 Å². The predicted octanol–water partition coefficient (Wildman–Crippen LogP) is 2.63. The molecular formula is C10H12ClNOS. The van der Waals surface area contributed by atoms with E-state index in [2.05, 4.69) is 11.9 Å². The molecule has 1 fully saturated rings. The molecule has 0 aromatic carbocycles. The van der Waals surface area contributed by atoms with Crippen molar-refractivity contribution in [1.82, 2.24) is 4.90 Å². The van der Waals surface area contributed by atoms with Crippen molar-refractivity contribution in [1.29, 1.82) is 0 Å². The van der Waals surface area contributed by atoms with E-state index >= 15 is 0 Å². The molecule has 2 heterocycles. The summed E-state index contributed by atoms with van der Waals surface area (Å²) in [6.45, 7) is 2.17. The molecule has 0 bridgehead atoms. The Balaban J connectivity index is 2.23. The van der Waals surface area contributed by atoms with Crippen LogP contribution in [0.5, 0.6) is 0 Å². The highest BCUT2D eigenvalue weighted by atomic mass is 35.5. The summed E-state index contributed by atoms with van der Waals surface area (Å²) < 4.78 is 0. The zero-order valence-corrected chi connectivity index (χ0v) is 9.57. The number of carbonyl (C=O) groups is 1. The van der Waals surface area contributed by atoms with Crippen LogP contribution in [0.3, 0.4) is 0 Å². The summed E-state index contributed by atoms with van der Waals surface area (Å²) in [5.41, 5.74) is 0. The number of carbonyl (C=O) groups excluding carboxylic acids is 1. The molecular weight excluding hydrogens is 218 g/mol. The molecule has 0 spiro atoms. The van der Waals surface area contributed by atoms with Crippen LogP contribution >= 0.6 is 22.9 Å². The number of likely N-dealkylation sites (N-methyl/N-ethyl adjacent to an activating group) is 1. The second-order valence-electron chi connectivity index (χ2n) is 3.73. The number of nitrogens with zero attached hydrogens (tertiary/aromatic N) is 1. The third-order valence-corrected chi connectivity index (χ3v) is 4.26. The molecule has 76 valence electrons. The summed E-state index contributed by atoms with van der Waals surface area (Å²) in [7, 11) is 2.11. The number of thiophene rings is 1. The van der Waals surface area contributed by atoms with E-state index in [0.717, 1.165) is 35.7 Å². The Kier molecular flexibility index (Phi) is 2.91. The van der Waals surface area contributed by atoms with Crippen molar-refractivity contribution < 1.29 is 4.79 Å². The Morgan fingerprint density at radius 1 is 1.71 bits per heavy atom.